The van der Waals surface area contributed by atoms with Crippen molar-refractivity contribution in [2.45, 2.75) is 6.54 Å². The third-order valence-electron chi connectivity index (χ3n) is 4.89. The number of hydrazone groups is 1. The largest absolute Gasteiger partial charge is 0.267 e. The van der Waals surface area contributed by atoms with Crippen molar-refractivity contribution in [2.24, 2.45) is 5.10 Å². The van der Waals surface area contributed by atoms with Gasteiger partial charge in [-0.15, -0.1) is 0 Å². The molecule has 6 nitrogen and oxygen atoms in total. The molecule has 1 N–H and O–H groups in total. The first-order valence-corrected chi connectivity index (χ1v) is 10.0. The maximum Gasteiger partial charge on any atom is 0.146 e. The Kier molecular flexibility index (Phi) is 5.18. The predicted molar refractivity (Wildman–Crippen MR) is 124 cm³/mol. The fourth-order valence-corrected chi connectivity index (χ4v) is 3.41. The van der Waals surface area contributed by atoms with Crippen LogP contribution in [0.3, 0.4) is 0 Å². The Morgan fingerprint density at radius 2 is 1.77 bits per heavy atom. The number of nitrogens with one attached hydrogen (secondary N) is 1. The van der Waals surface area contributed by atoms with E-state index in [2.05, 4.69) is 32.6 Å². The third kappa shape index (κ3) is 4.33. The number of nitrogens with zero attached hydrogens (tertiary/aromatic N) is 5. The molecule has 0 atom stereocenters. The minimum Gasteiger partial charge on any atom is -0.267 e. The first kappa shape index (κ1) is 18.7. The van der Waals surface area contributed by atoms with E-state index in [4.69, 9.17) is 5.10 Å². The maximum absolute atomic E-state index is 4.78. The summed E-state index contributed by atoms with van der Waals surface area (Å²) in [4.78, 5) is 8.83. The second-order valence-electron chi connectivity index (χ2n) is 7.12. The van der Waals surface area contributed by atoms with Gasteiger partial charge in [-0.3, -0.25) is 15.1 Å². The molecule has 0 saturated carbocycles. The molecule has 2 aromatic carbocycles. The Morgan fingerprint density at radius 1 is 0.903 bits per heavy atom. The van der Waals surface area contributed by atoms with Crippen molar-refractivity contribution >= 4 is 22.9 Å². The van der Waals surface area contributed by atoms with Crippen molar-refractivity contribution in [2.75, 3.05) is 5.43 Å². The quantitative estimate of drug-likeness (QED) is 0.320. The summed E-state index contributed by atoms with van der Waals surface area (Å²) in [5, 5.41) is 10.3. The van der Waals surface area contributed by atoms with Gasteiger partial charge in [0, 0.05) is 35.1 Å². The molecule has 31 heavy (non-hydrogen) atoms. The topological polar surface area (TPSA) is 68.0 Å². The van der Waals surface area contributed by atoms with Crippen LogP contribution in [-0.4, -0.2) is 26.0 Å². The van der Waals surface area contributed by atoms with Crippen molar-refractivity contribution in [3.8, 4) is 11.3 Å². The summed E-state index contributed by atoms with van der Waals surface area (Å²) in [5.74, 6) is 0.689. The molecular weight excluding hydrogens is 384 g/mol. The second kappa shape index (κ2) is 8.59. The van der Waals surface area contributed by atoms with Crippen LogP contribution in [0.4, 0.5) is 5.82 Å². The molecule has 3 aromatic heterocycles. The summed E-state index contributed by atoms with van der Waals surface area (Å²) < 4.78 is 1.92. The highest BCUT2D eigenvalue weighted by Crippen LogP contribution is 2.21. The van der Waals surface area contributed by atoms with Crippen LogP contribution in [0.2, 0.25) is 0 Å². The SMILES string of the molecule is C(=N\Nc1ccc2ccccc2n1)/c1cn(Cc2ccccc2)nc1-c1cccnc1. The molecule has 0 amide bonds. The normalized spacial score (nSPS) is 11.2. The van der Waals surface area contributed by atoms with Gasteiger partial charge in [-0.05, 0) is 35.9 Å². The number of para-hydroxylation sites is 1. The Labute approximate surface area is 179 Å². The molecule has 0 spiro atoms. The zero-order valence-electron chi connectivity index (χ0n) is 16.8. The van der Waals surface area contributed by atoms with Crippen LogP contribution in [0.1, 0.15) is 11.1 Å². The van der Waals surface area contributed by atoms with Gasteiger partial charge in [-0.1, -0.05) is 48.5 Å². The molecule has 0 aliphatic heterocycles. The number of fused-ring (bicyclic) bond motifs is 1. The average Bonchev–Trinajstić information content (AvgIpc) is 3.22. The summed E-state index contributed by atoms with van der Waals surface area (Å²) in [5.41, 5.74) is 7.82. The van der Waals surface area contributed by atoms with Gasteiger partial charge in [0.15, 0.2) is 0 Å². The zero-order valence-corrected chi connectivity index (χ0v) is 16.8. The van der Waals surface area contributed by atoms with Crippen LogP contribution in [0, 0.1) is 0 Å². The number of anilines is 1. The average molecular weight is 404 g/mol. The van der Waals surface area contributed by atoms with Crippen molar-refractivity contribution in [1.82, 2.24) is 19.7 Å². The first-order chi connectivity index (χ1) is 15.3. The summed E-state index contributed by atoms with van der Waals surface area (Å²) in [6.45, 7) is 0.682. The summed E-state index contributed by atoms with van der Waals surface area (Å²) in [6, 6.07) is 26.1. The Morgan fingerprint density at radius 3 is 2.65 bits per heavy atom. The molecule has 0 aliphatic carbocycles. The number of hydrogen-bond acceptors (Lipinski definition) is 5. The van der Waals surface area contributed by atoms with Crippen molar-refractivity contribution in [3.63, 3.8) is 0 Å². The smallest absolute Gasteiger partial charge is 0.146 e. The van der Waals surface area contributed by atoms with E-state index in [-0.39, 0.29) is 0 Å². The number of rotatable bonds is 6. The van der Waals surface area contributed by atoms with E-state index >= 15 is 0 Å². The number of hydrogen-bond donors (Lipinski definition) is 1. The van der Waals surface area contributed by atoms with E-state index in [1.165, 1.54) is 5.56 Å². The zero-order chi connectivity index (χ0) is 20.9. The molecular formula is C25H20N6. The van der Waals surface area contributed by atoms with Gasteiger partial charge in [-0.2, -0.15) is 10.2 Å². The molecule has 0 radical (unpaired) electrons. The van der Waals surface area contributed by atoms with Crippen LogP contribution in [0.25, 0.3) is 22.2 Å². The second-order valence-corrected chi connectivity index (χ2v) is 7.12. The third-order valence-corrected chi connectivity index (χ3v) is 4.89. The van der Waals surface area contributed by atoms with E-state index in [1.54, 1.807) is 12.4 Å². The minimum absolute atomic E-state index is 0.682. The van der Waals surface area contributed by atoms with Gasteiger partial charge < -0.3 is 0 Å². The lowest BCUT2D eigenvalue weighted by Crippen LogP contribution is -2.00. The molecule has 0 fully saturated rings. The molecule has 5 rings (SSSR count). The lowest BCUT2D eigenvalue weighted by Gasteiger charge is -2.02. The number of aromatic nitrogens is 4. The Bertz CT molecular complexity index is 1330. The fourth-order valence-electron chi connectivity index (χ4n) is 3.41. The molecule has 3 heterocycles. The molecule has 0 aliphatic rings. The summed E-state index contributed by atoms with van der Waals surface area (Å²) >= 11 is 0. The summed E-state index contributed by atoms with van der Waals surface area (Å²) in [7, 11) is 0. The van der Waals surface area contributed by atoms with E-state index in [1.807, 2.05) is 83.8 Å². The molecule has 5 aromatic rings. The molecule has 150 valence electrons. The molecule has 0 saturated heterocycles. The lowest BCUT2D eigenvalue weighted by molar-refractivity contribution is 0.689. The highest BCUT2D eigenvalue weighted by molar-refractivity contribution is 5.89. The van der Waals surface area contributed by atoms with Crippen molar-refractivity contribution < 1.29 is 0 Å². The van der Waals surface area contributed by atoms with Crippen LogP contribution in [0.15, 0.2) is 103 Å². The van der Waals surface area contributed by atoms with Crippen molar-refractivity contribution in [3.05, 3.63) is 109 Å². The highest BCUT2D eigenvalue weighted by atomic mass is 15.3. The maximum atomic E-state index is 4.78. The number of benzene rings is 2. The monoisotopic (exact) mass is 404 g/mol. The van der Waals surface area contributed by atoms with E-state index in [0.717, 1.165) is 27.7 Å². The molecule has 0 bridgehead atoms. The van der Waals surface area contributed by atoms with Gasteiger partial charge in [0.2, 0.25) is 0 Å². The molecule has 6 heteroatoms. The van der Waals surface area contributed by atoms with Gasteiger partial charge in [0.25, 0.3) is 0 Å². The highest BCUT2D eigenvalue weighted by Gasteiger charge is 2.10. The van der Waals surface area contributed by atoms with E-state index in [9.17, 15) is 0 Å². The van der Waals surface area contributed by atoms with Gasteiger partial charge in [0.1, 0.15) is 11.5 Å². The minimum atomic E-state index is 0.682. The van der Waals surface area contributed by atoms with Gasteiger partial charge >= 0.3 is 0 Å². The van der Waals surface area contributed by atoms with Gasteiger partial charge in [-0.25, -0.2) is 4.98 Å². The standard InChI is InChI=1S/C25H20N6/c1-2-7-19(8-3-1)17-31-18-22(25(30-31)21-10-6-14-26-15-21)16-27-29-24-13-12-20-9-4-5-11-23(20)28-24/h1-16,18H,17H2,(H,28,29)/b27-16+. The van der Waals surface area contributed by atoms with Crippen LogP contribution >= 0.6 is 0 Å². The van der Waals surface area contributed by atoms with Crippen molar-refractivity contribution in [1.29, 1.82) is 0 Å². The molecule has 0 unspecified atom stereocenters. The van der Waals surface area contributed by atoms with E-state index in [0.29, 0.717) is 12.4 Å². The van der Waals surface area contributed by atoms with Gasteiger partial charge in [0.05, 0.1) is 18.3 Å². The fraction of sp³-hybridized carbons (Fsp3) is 0.0400. The van der Waals surface area contributed by atoms with Crippen LogP contribution in [0.5, 0.6) is 0 Å². The Balaban J connectivity index is 1.42. The van der Waals surface area contributed by atoms with Crippen LogP contribution in [-0.2, 0) is 6.54 Å². The first-order valence-electron chi connectivity index (χ1n) is 10.0. The van der Waals surface area contributed by atoms with E-state index < -0.39 is 0 Å². The predicted octanol–water partition coefficient (Wildman–Crippen LogP) is 4.99. The Hall–Kier alpha value is -4.32. The van der Waals surface area contributed by atoms with Crippen LogP contribution < -0.4 is 5.43 Å². The summed E-state index contributed by atoms with van der Waals surface area (Å²) in [6.07, 6.45) is 7.33. The number of pyridine rings is 2. The lowest BCUT2D eigenvalue weighted by atomic mass is 10.1.